The minimum atomic E-state index is 0.251. The van der Waals surface area contributed by atoms with E-state index in [1.165, 1.54) is 16.8 Å². The molecule has 2 aromatic rings. The highest BCUT2D eigenvalue weighted by Crippen LogP contribution is 2.42. The summed E-state index contributed by atoms with van der Waals surface area (Å²) in [7, 11) is 0. The SMILES string of the molecule is Cc1ccccc1C(C)N1c2c(Br)cccc2C(N)=CC1C. The molecule has 0 radical (unpaired) electrons. The minimum Gasteiger partial charge on any atom is -0.398 e. The maximum absolute atomic E-state index is 6.25. The van der Waals surface area contributed by atoms with Crippen LogP contribution in [0, 0.1) is 6.92 Å². The second-order valence-electron chi connectivity index (χ2n) is 5.94. The molecule has 0 fully saturated rings. The second kappa shape index (κ2) is 5.81. The summed E-state index contributed by atoms with van der Waals surface area (Å²) in [6, 6.07) is 15.3. The lowest BCUT2D eigenvalue weighted by Crippen LogP contribution is -2.38. The first kappa shape index (κ1) is 15.2. The van der Waals surface area contributed by atoms with Gasteiger partial charge in [-0.3, -0.25) is 0 Å². The number of anilines is 1. The van der Waals surface area contributed by atoms with Crippen molar-refractivity contribution in [1.82, 2.24) is 0 Å². The Kier molecular flexibility index (Phi) is 4.00. The number of halogens is 1. The fourth-order valence-corrected chi connectivity index (χ4v) is 3.97. The largest absolute Gasteiger partial charge is 0.398 e. The Morgan fingerprint density at radius 3 is 2.59 bits per heavy atom. The quantitative estimate of drug-likeness (QED) is 0.817. The molecule has 1 heterocycles. The molecular formula is C19H21BrN2. The van der Waals surface area contributed by atoms with Crippen LogP contribution in [0.2, 0.25) is 0 Å². The third-order valence-electron chi connectivity index (χ3n) is 4.47. The summed E-state index contributed by atoms with van der Waals surface area (Å²) < 4.78 is 1.09. The predicted octanol–water partition coefficient (Wildman–Crippen LogP) is 5.03. The standard InChI is InChI=1S/C19H21BrN2/c1-12-7-4-5-8-15(12)14(3)22-13(2)11-18(21)16-9-6-10-17(20)19(16)22/h4-11,13-14H,21H2,1-3H3. The number of hydrogen-bond donors (Lipinski definition) is 1. The van der Waals surface area contributed by atoms with Crippen molar-refractivity contribution in [2.24, 2.45) is 5.73 Å². The van der Waals surface area contributed by atoms with Crippen molar-refractivity contribution in [3.8, 4) is 0 Å². The maximum Gasteiger partial charge on any atom is 0.0614 e. The average Bonchev–Trinajstić information content (AvgIpc) is 2.48. The number of aryl methyl sites for hydroxylation is 1. The molecule has 1 aliphatic heterocycles. The van der Waals surface area contributed by atoms with E-state index in [2.05, 4.69) is 84.1 Å². The van der Waals surface area contributed by atoms with Gasteiger partial charge in [0, 0.05) is 21.8 Å². The molecular weight excluding hydrogens is 336 g/mol. The van der Waals surface area contributed by atoms with Crippen LogP contribution in [-0.4, -0.2) is 6.04 Å². The van der Waals surface area contributed by atoms with E-state index in [0.29, 0.717) is 0 Å². The Morgan fingerprint density at radius 1 is 1.14 bits per heavy atom. The number of rotatable bonds is 2. The monoisotopic (exact) mass is 356 g/mol. The first-order valence-corrected chi connectivity index (χ1v) is 8.40. The van der Waals surface area contributed by atoms with E-state index < -0.39 is 0 Å². The molecule has 2 N–H and O–H groups in total. The minimum absolute atomic E-state index is 0.251. The second-order valence-corrected chi connectivity index (χ2v) is 6.79. The predicted molar refractivity (Wildman–Crippen MR) is 97.8 cm³/mol. The van der Waals surface area contributed by atoms with E-state index in [0.717, 1.165) is 15.7 Å². The molecule has 2 nitrogen and oxygen atoms in total. The first-order chi connectivity index (χ1) is 10.5. The average molecular weight is 357 g/mol. The zero-order chi connectivity index (χ0) is 15.9. The van der Waals surface area contributed by atoms with Crippen LogP contribution < -0.4 is 10.6 Å². The highest BCUT2D eigenvalue weighted by atomic mass is 79.9. The fraction of sp³-hybridized carbons (Fsp3) is 0.263. The van der Waals surface area contributed by atoms with Gasteiger partial charge in [0.15, 0.2) is 0 Å². The molecule has 0 bridgehead atoms. The lowest BCUT2D eigenvalue weighted by Gasteiger charge is -2.41. The van der Waals surface area contributed by atoms with Crippen molar-refractivity contribution in [1.29, 1.82) is 0 Å². The van der Waals surface area contributed by atoms with Gasteiger partial charge in [-0.25, -0.2) is 0 Å². The van der Waals surface area contributed by atoms with E-state index in [-0.39, 0.29) is 12.1 Å². The van der Waals surface area contributed by atoms with Crippen LogP contribution in [-0.2, 0) is 0 Å². The number of nitrogens with zero attached hydrogens (tertiary/aromatic N) is 1. The van der Waals surface area contributed by atoms with Crippen LogP contribution in [0.25, 0.3) is 5.70 Å². The van der Waals surface area contributed by atoms with Gasteiger partial charge in [-0.2, -0.15) is 0 Å². The van der Waals surface area contributed by atoms with Crippen LogP contribution in [0.1, 0.15) is 36.6 Å². The van der Waals surface area contributed by atoms with E-state index >= 15 is 0 Å². The lowest BCUT2D eigenvalue weighted by atomic mass is 9.94. The summed E-state index contributed by atoms with van der Waals surface area (Å²) in [4.78, 5) is 2.44. The van der Waals surface area contributed by atoms with Gasteiger partial charge >= 0.3 is 0 Å². The molecule has 2 aromatic carbocycles. The summed E-state index contributed by atoms with van der Waals surface area (Å²) in [5.74, 6) is 0. The molecule has 0 saturated heterocycles. The van der Waals surface area contributed by atoms with Gasteiger partial charge in [0.2, 0.25) is 0 Å². The zero-order valence-corrected chi connectivity index (χ0v) is 14.8. The van der Waals surface area contributed by atoms with E-state index in [1.807, 2.05) is 6.07 Å². The van der Waals surface area contributed by atoms with Crippen molar-refractivity contribution in [2.45, 2.75) is 32.9 Å². The van der Waals surface area contributed by atoms with Crippen molar-refractivity contribution < 1.29 is 0 Å². The molecule has 0 aliphatic carbocycles. The number of benzene rings is 2. The van der Waals surface area contributed by atoms with Crippen molar-refractivity contribution >= 4 is 27.3 Å². The lowest BCUT2D eigenvalue weighted by molar-refractivity contribution is 0.620. The molecule has 2 unspecified atom stereocenters. The summed E-state index contributed by atoms with van der Waals surface area (Å²) in [6.07, 6.45) is 2.14. The molecule has 0 spiro atoms. The van der Waals surface area contributed by atoms with Crippen molar-refractivity contribution in [2.75, 3.05) is 4.90 Å². The number of nitrogens with two attached hydrogens (primary N) is 1. The van der Waals surface area contributed by atoms with Crippen LogP contribution in [0.15, 0.2) is 53.0 Å². The van der Waals surface area contributed by atoms with Crippen molar-refractivity contribution in [3.05, 3.63) is 69.7 Å². The molecule has 3 rings (SSSR count). The maximum atomic E-state index is 6.25. The Hall–Kier alpha value is -1.74. The topological polar surface area (TPSA) is 29.3 Å². The number of hydrogen-bond acceptors (Lipinski definition) is 2. The van der Waals surface area contributed by atoms with Gasteiger partial charge in [0.05, 0.1) is 11.7 Å². The van der Waals surface area contributed by atoms with E-state index in [9.17, 15) is 0 Å². The van der Waals surface area contributed by atoms with Crippen LogP contribution in [0.3, 0.4) is 0 Å². The molecule has 0 aromatic heterocycles. The van der Waals surface area contributed by atoms with E-state index in [4.69, 9.17) is 5.73 Å². The smallest absolute Gasteiger partial charge is 0.0614 e. The van der Waals surface area contributed by atoms with Crippen LogP contribution >= 0.6 is 15.9 Å². The van der Waals surface area contributed by atoms with E-state index in [1.54, 1.807) is 0 Å². The Bertz CT molecular complexity index is 736. The van der Waals surface area contributed by atoms with Gasteiger partial charge in [-0.05, 0) is 60.0 Å². The van der Waals surface area contributed by atoms with Gasteiger partial charge in [-0.15, -0.1) is 0 Å². The highest BCUT2D eigenvalue weighted by Gasteiger charge is 2.29. The van der Waals surface area contributed by atoms with Gasteiger partial charge in [0.1, 0.15) is 0 Å². The van der Waals surface area contributed by atoms with Gasteiger partial charge in [0.25, 0.3) is 0 Å². The summed E-state index contributed by atoms with van der Waals surface area (Å²) >= 11 is 3.71. The Balaban J connectivity index is 2.14. The van der Waals surface area contributed by atoms with Crippen LogP contribution in [0.5, 0.6) is 0 Å². The number of fused-ring (bicyclic) bond motifs is 1. The summed E-state index contributed by atoms with van der Waals surface area (Å²) in [5, 5.41) is 0. The third-order valence-corrected chi connectivity index (χ3v) is 5.11. The summed E-state index contributed by atoms with van der Waals surface area (Å²) in [5.41, 5.74) is 12.1. The van der Waals surface area contributed by atoms with Gasteiger partial charge in [-0.1, -0.05) is 36.4 Å². The number of para-hydroxylation sites is 1. The summed E-state index contributed by atoms with van der Waals surface area (Å²) in [6.45, 7) is 6.63. The fourth-order valence-electron chi connectivity index (χ4n) is 3.40. The zero-order valence-electron chi connectivity index (χ0n) is 13.2. The van der Waals surface area contributed by atoms with Gasteiger partial charge < -0.3 is 10.6 Å². The Morgan fingerprint density at radius 2 is 1.86 bits per heavy atom. The molecule has 0 saturated carbocycles. The first-order valence-electron chi connectivity index (χ1n) is 7.60. The van der Waals surface area contributed by atoms with Crippen molar-refractivity contribution in [3.63, 3.8) is 0 Å². The molecule has 3 heteroatoms. The molecule has 22 heavy (non-hydrogen) atoms. The molecule has 0 amide bonds. The third kappa shape index (κ3) is 2.44. The molecule has 1 aliphatic rings. The van der Waals surface area contributed by atoms with Crippen LogP contribution in [0.4, 0.5) is 5.69 Å². The Labute approximate surface area is 140 Å². The normalized spacial score (nSPS) is 18.6. The molecule has 114 valence electrons. The highest BCUT2D eigenvalue weighted by molar-refractivity contribution is 9.10. The molecule has 2 atom stereocenters.